The first-order valence-corrected chi connectivity index (χ1v) is 5.95. The van der Waals surface area contributed by atoms with Crippen molar-refractivity contribution in [3.05, 3.63) is 35.7 Å². The third kappa shape index (κ3) is 4.57. The van der Waals surface area contributed by atoms with Crippen molar-refractivity contribution in [1.82, 2.24) is 10.1 Å². The maximum absolute atomic E-state index is 11.9. The molecule has 0 saturated heterocycles. The Morgan fingerprint density at radius 2 is 2.14 bits per heavy atom. The molecular formula is C13H10F3N3O2. The van der Waals surface area contributed by atoms with Crippen LogP contribution in [0, 0.1) is 11.3 Å². The van der Waals surface area contributed by atoms with Crippen LogP contribution in [0.4, 0.5) is 13.2 Å². The van der Waals surface area contributed by atoms with Gasteiger partial charge in [-0.15, -0.1) is 0 Å². The lowest BCUT2D eigenvalue weighted by Crippen LogP contribution is -2.18. The van der Waals surface area contributed by atoms with Gasteiger partial charge in [0.05, 0.1) is 18.2 Å². The van der Waals surface area contributed by atoms with Crippen LogP contribution in [0.5, 0.6) is 0 Å². The van der Waals surface area contributed by atoms with Gasteiger partial charge in [0.1, 0.15) is 6.61 Å². The zero-order chi connectivity index (χ0) is 15.3. The fourth-order valence-corrected chi connectivity index (χ4v) is 1.55. The molecule has 1 aromatic heterocycles. The van der Waals surface area contributed by atoms with Gasteiger partial charge in [-0.3, -0.25) is 0 Å². The van der Waals surface area contributed by atoms with E-state index in [0.717, 1.165) is 0 Å². The summed E-state index contributed by atoms with van der Waals surface area (Å²) in [6.07, 6.45) is -4.24. The summed E-state index contributed by atoms with van der Waals surface area (Å²) in [5, 5.41) is 12.4. The molecule has 110 valence electrons. The van der Waals surface area contributed by atoms with Crippen molar-refractivity contribution in [2.45, 2.75) is 12.6 Å². The minimum Gasteiger partial charge on any atom is -0.372 e. The quantitative estimate of drug-likeness (QED) is 0.793. The highest BCUT2D eigenvalue weighted by Crippen LogP contribution is 2.18. The van der Waals surface area contributed by atoms with Crippen LogP contribution < -0.4 is 0 Å². The van der Waals surface area contributed by atoms with Crippen molar-refractivity contribution in [2.75, 3.05) is 13.2 Å². The van der Waals surface area contributed by atoms with Crippen LogP contribution in [0.3, 0.4) is 0 Å². The Kier molecular flexibility index (Phi) is 4.55. The average molecular weight is 297 g/mol. The maximum Gasteiger partial charge on any atom is 0.411 e. The molecule has 0 saturated carbocycles. The normalized spacial score (nSPS) is 11.3. The lowest BCUT2D eigenvalue weighted by molar-refractivity contribution is -0.173. The molecule has 8 heteroatoms. The Labute approximate surface area is 118 Å². The molecule has 0 spiro atoms. The number of hydrogen-bond acceptors (Lipinski definition) is 5. The van der Waals surface area contributed by atoms with Crippen LogP contribution in [-0.2, 0) is 11.2 Å². The number of halogens is 3. The fourth-order valence-electron chi connectivity index (χ4n) is 1.55. The summed E-state index contributed by atoms with van der Waals surface area (Å²) < 4.78 is 45.1. The maximum atomic E-state index is 11.9. The third-order valence-electron chi connectivity index (χ3n) is 2.44. The minimum atomic E-state index is -4.35. The molecular weight excluding hydrogens is 287 g/mol. The SMILES string of the molecule is N#Cc1cccc(-c2nc(CCOCC(F)(F)F)no2)c1. The second kappa shape index (κ2) is 6.37. The number of nitriles is 1. The molecule has 2 aromatic rings. The third-order valence-corrected chi connectivity index (χ3v) is 2.44. The molecule has 5 nitrogen and oxygen atoms in total. The van der Waals surface area contributed by atoms with Gasteiger partial charge in [-0.05, 0) is 18.2 Å². The average Bonchev–Trinajstić information content (AvgIpc) is 2.91. The first kappa shape index (κ1) is 15.0. The molecule has 21 heavy (non-hydrogen) atoms. The molecule has 2 rings (SSSR count). The summed E-state index contributed by atoms with van der Waals surface area (Å²) in [5.74, 6) is 0.451. The minimum absolute atomic E-state index is 0.109. The van der Waals surface area contributed by atoms with E-state index in [1.54, 1.807) is 24.3 Å². The highest BCUT2D eigenvalue weighted by molar-refractivity contribution is 5.55. The molecule has 0 bridgehead atoms. The van der Waals surface area contributed by atoms with Crippen LogP contribution in [0.2, 0.25) is 0 Å². The summed E-state index contributed by atoms with van der Waals surface area (Å²) in [6, 6.07) is 8.56. The number of alkyl halides is 3. The van der Waals surface area contributed by atoms with Crippen LogP contribution in [0.1, 0.15) is 11.4 Å². The van der Waals surface area contributed by atoms with E-state index in [-0.39, 0.29) is 24.7 Å². The van der Waals surface area contributed by atoms with Gasteiger partial charge in [0.15, 0.2) is 5.82 Å². The second-order valence-electron chi connectivity index (χ2n) is 4.13. The van der Waals surface area contributed by atoms with E-state index in [4.69, 9.17) is 9.78 Å². The zero-order valence-electron chi connectivity index (χ0n) is 10.7. The van der Waals surface area contributed by atoms with Gasteiger partial charge in [0.2, 0.25) is 0 Å². The second-order valence-corrected chi connectivity index (χ2v) is 4.13. The number of hydrogen-bond donors (Lipinski definition) is 0. The van der Waals surface area contributed by atoms with Crippen molar-refractivity contribution in [3.8, 4) is 17.5 Å². The predicted molar refractivity (Wildman–Crippen MR) is 65.0 cm³/mol. The largest absolute Gasteiger partial charge is 0.411 e. The van der Waals surface area contributed by atoms with Crippen molar-refractivity contribution in [3.63, 3.8) is 0 Å². The molecule has 1 aromatic carbocycles. The summed E-state index contributed by atoms with van der Waals surface area (Å²) >= 11 is 0. The van der Waals surface area contributed by atoms with Crippen LogP contribution in [-0.4, -0.2) is 29.5 Å². The molecule has 0 aliphatic heterocycles. The topological polar surface area (TPSA) is 71.9 Å². The standard InChI is InChI=1S/C13H10F3N3O2/c14-13(15,16)8-20-5-4-11-18-12(21-19-11)10-3-1-2-9(6-10)7-17/h1-3,6H,4-5,8H2. The lowest BCUT2D eigenvalue weighted by atomic mass is 10.1. The fraction of sp³-hybridized carbons (Fsp3) is 0.308. The van der Waals surface area contributed by atoms with E-state index in [0.29, 0.717) is 11.1 Å². The summed E-state index contributed by atoms with van der Waals surface area (Å²) in [7, 11) is 0. The van der Waals surface area contributed by atoms with E-state index in [2.05, 4.69) is 14.9 Å². The zero-order valence-corrected chi connectivity index (χ0v) is 10.7. The van der Waals surface area contributed by atoms with Gasteiger partial charge >= 0.3 is 6.18 Å². The van der Waals surface area contributed by atoms with Gasteiger partial charge in [0, 0.05) is 12.0 Å². The van der Waals surface area contributed by atoms with E-state index in [1.807, 2.05) is 6.07 Å². The smallest absolute Gasteiger partial charge is 0.372 e. The van der Waals surface area contributed by atoms with E-state index in [1.165, 1.54) is 0 Å². The number of nitrogens with zero attached hydrogens (tertiary/aromatic N) is 3. The summed E-state index contributed by atoms with van der Waals surface area (Å²) in [4.78, 5) is 4.04. The molecule has 0 N–H and O–H groups in total. The monoisotopic (exact) mass is 297 g/mol. The van der Waals surface area contributed by atoms with E-state index in [9.17, 15) is 13.2 Å². The van der Waals surface area contributed by atoms with Gasteiger partial charge in [-0.25, -0.2) is 0 Å². The van der Waals surface area contributed by atoms with E-state index >= 15 is 0 Å². The van der Waals surface area contributed by atoms with Gasteiger partial charge in [-0.1, -0.05) is 11.2 Å². The molecule has 0 aliphatic carbocycles. The molecule has 1 heterocycles. The Morgan fingerprint density at radius 3 is 2.86 bits per heavy atom. The van der Waals surface area contributed by atoms with Crippen molar-refractivity contribution in [1.29, 1.82) is 5.26 Å². The van der Waals surface area contributed by atoms with Crippen LogP contribution in [0.15, 0.2) is 28.8 Å². The molecule has 0 fully saturated rings. The Bertz CT molecular complexity index is 647. The Balaban J connectivity index is 1.94. The molecule has 0 radical (unpaired) electrons. The first-order chi connectivity index (χ1) is 9.98. The van der Waals surface area contributed by atoms with Gasteiger partial charge in [0.25, 0.3) is 5.89 Å². The number of rotatable bonds is 5. The van der Waals surface area contributed by atoms with Crippen molar-refractivity contribution >= 4 is 0 Å². The van der Waals surface area contributed by atoms with Crippen LogP contribution >= 0.6 is 0 Å². The molecule has 0 atom stereocenters. The number of ether oxygens (including phenoxy) is 1. The van der Waals surface area contributed by atoms with Gasteiger partial charge < -0.3 is 9.26 Å². The highest BCUT2D eigenvalue weighted by atomic mass is 19.4. The number of aromatic nitrogens is 2. The van der Waals surface area contributed by atoms with E-state index < -0.39 is 12.8 Å². The molecule has 0 aliphatic rings. The van der Waals surface area contributed by atoms with Gasteiger partial charge in [-0.2, -0.15) is 23.4 Å². The summed E-state index contributed by atoms with van der Waals surface area (Å²) in [6.45, 7) is -1.46. The highest BCUT2D eigenvalue weighted by Gasteiger charge is 2.27. The van der Waals surface area contributed by atoms with Crippen molar-refractivity contribution < 1.29 is 22.4 Å². The van der Waals surface area contributed by atoms with Crippen LogP contribution in [0.25, 0.3) is 11.5 Å². The predicted octanol–water partition coefficient (Wildman–Crippen LogP) is 2.73. The molecule has 0 unspecified atom stereocenters. The first-order valence-electron chi connectivity index (χ1n) is 5.95. The Hall–Kier alpha value is -2.40. The van der Waals surface area contributed by atoms with Crippen molar-refractivity contribution in [2.24, 2.45) is 0 Å². The summed E-state index contributed by atoms with van der Waals surface area (Å²) in [5.41, 5.74) is 1.02. The Morgan fingerprint density at radius 1 is 1.33 bits per heavy atom. The lowest BCUT2D eigenvalue weighted by Gasteiger charge is -2.05. The molecule has 0 amide bonds. The number of benzene rings is 1.